The van der Waals surface area contributed by atoms with Gasteiger partial charge >= 0.3 is 0 Å². The van der Waals surface area contributed by atoms with Crippen LogP contribution in [0.15, 0.2) is 16.6 Å². The number of aryl methyl sites for hydroxylation is 1. The number of hydrogen-bond donors (Lipinski definition) is 2. The van der Waals surface area contributed by atoms with Gasteiger partial charge in [-0.15, -0.1) is 0 Å². The quantitative estimate of drug-likeness (QED) is 0.882. The molecule has 0 aliphatic carbocycles. The van der Waals surface area contributed by atoms with E-state index in [0.717, 1.165) is 10.0 Å². The van der Waals surface area contributed by atoms with Gasteiger partial charge in [0, 0.05) is 16.0 Å². The number of nitrogens with one attached hydrogen (secondary N) is 1. The molecule has 0 radical (unpaired) electrons. The summed E-state index contributed by atoms with van der Waals surface area (Å²) in [5.74, 6) is -0.0897. The average molecular weight is 334 g/mol. The molecule has 1 unspecified atom stereocenters. The summed E-state index contributed by atoms with van der Waals surface area (Å²) in [6.45, 7) is 6.02. The Morgan fingerprint density at radius 1 is 1.56 bits per heavy atom. The van der Waals surface area contributed by atoms with Gasteiger partial charge in [-0.05, 0) is 53.9 Å². The van der Waals surface area contributed by atoms with Gasteiger partial charge in [0.2, 0.25) is 5.91 Å². The van der Waals surface area contributed by atoms with Crippen LogP contribution in [0.1, 0.15) is 25.8 Å². The summed E-state index contributed by atoms with van der Waals surface area (Å²) in [5, 5.41) is 3.49. The molecule has 1 amide bonds. The lowest BCUT2D eigenvalue weighted by Gasteiger charge is -2.25. The third-order valence-corrected chi connectivity index (χ3v) is 4.34. The zero-order valence-corrected chi connectivity index (χ0v) is 13.2. The van der Waals surface area contributed by atoms with Gasteiger partial charge in [0.05, 0.1) is 11.1 Å². The van der Waals surface area contributed by atoms with E-state index in [4.69, 9.17) is 17.3 Å². The number of carbonyl (C=O) groups is 1. The first-order chi connectivity index (χ1) is 8.34. The minimum absolute atomic E-state index is 0.0897. The van der Waals surface area contributed by atoms with Crippen LogP contribution in [0.5, 0.6) is 0 Å². The number of nitrogens with two attached hydrogens (primary N) is 1. The normalized spacial score (nSPS) is 14.1. The summed E-state index contributed by atoms with van der Waals surface area (Å²) in [6.07, 6.45) is 0.687. The van der Waals surface area contributed by atoms with Crippen LogP contribution in [0.25, 0.3) is 0 Å². The molecule has 0 bridgehead atoms. The molecule has 0 saturated heterocycles. The molecule has 0 fully saturated rings. The zero-order chi connectivity index (χ0) is 13.9. The Kier molecular flexibility index (Phi) is 5.20. The lowest BCUT2D eigenvalue weighted by atomic mass is 9.86. The van der Waals surface area contributed by atoms with E-state index >= 15 is 0 Å². The fourth-order valence-electron chi connectivity index (χ4n) is 1.41. The van der Waals surface area contributed by atoms with Gasteiger partial charge in [0.15, 0.2) is 0 Å². The summed E-state index contributed by atoms with van der Waals surface area (Å²) in [4.78, 5) is 12.2. The van der Waals surface area contributed by atoms with Crippen molar-refractivity contribution >= 4 is 39.1 Å². The van der Waals surface area contributed by atoms with Crippen molar-refractivity contribution in [1.82, 2.24) is 0 Å². The fraction of sp³-hybridized carbons (Fsp3) is 0.462. The Morgan fingerprint density at radius 3 is 2.67 bits per heavy atom. The van der Waals surface area contributed by atoms with E-state index in [-0.39, 0.29) is 5.91 Å². The Morgan fingerprint density at radius 2 is 2.17 bits per heavy atom. The molecular weight excluding hydrogens is 316 g/mol. The summed E-state index contributed by atoms with van der Waals surface area (Å²) in [7, 11) is 0. The van der Waals surface area contributed by atoms with Gasteiger partial charge in [-0.1, -0.05) is 18.5 Å². The van der Waals surface area contributed by atoms with E-state index in [2.05, 4.69) is 21.2 Å². The molecule has 0 spiro atoms. The molecule has 1 atom stereocenters. The van der Waals surface area contributed by atoms with Crippen LogP contribution >= 0.6 is 27.5 Å². The average Bonchev–Trinajstić information content (AvgIpc) is 2.34. The summed E-state index contributed by atoms with van der Waals surface area (Å²) >= 11 is 9.47. The lowest BCUT2D eigenvalue weighted by molar-refractivity contribution is -0.124. The Labute approximate surface area is 121 Å². The molecule has 0 saturated carbocycles. The number of anilines is 1. The predicted octanol–water partition coefficient (Wildman–Crippen LogP) is 3.72. The number of benzene rings is 1. The Hall–Kier alpha value is -0.580. The van der Waals surface area contributed by atoms with Crippen LogP contribution in [-0.4, -0.2) is 12.5 Å². The molecule has 0 heterocycles. The van der Waals surface area contributed by atoms with Gasteiger partial charge in [-0.2, -0.15) is 0 Å². The van der Waals surface area contributed by atoms with E-state index in [1.807, 2.05) is 26.8 Å². The van der Waals surface area contributed by atoms with E-state index < -0.39 is 5.41 Å². The standard InChI is InChI=1S/C13H18BrClN2O/c1-4-13(3,7-16)12(18)17-11-6-10(15)8(2)5-9(11)14/h5-6H,4,7,16H2,1-3H3,(H,17,18). The monoisotopic (exact) mass is 332 g/mol. The van der Waals surface area contributed by atoms with E-state index in [1.165, 1.54) is 0 Å². The fourth-order valence-corrected chi connectivity index (χ4v) is 2.13. The summed E-state index contributed by atoms with van der Waals surface area (Å²) < 4.78 is 0.813. The molecule has 3 nitrogen and oxygen atoms in total. The third kappa shape index (κ3) is 3.25. The van der Waals surface area contributed by atoms with Crippen LogP contribution in [0.3, 0.4) is 0 Å². The van der Waals surface area contributed by atoms with Crippen LogP contribution < -0.4 is 11.1 Å². The van der Waals surface area contributed by atoms with Crippen molar-refractivity contribution in [1.29, 1.82) is 0 Å². The second-order valence-electron chi connectivity index (χ2n) is 4.65. The van der Waals surface area contributed by atoms with Crippen molar-refractivity contribution in [3.8, 4) is 0 Å². The highest BCUT2D eigenvalue weighted by Crippen LogP contribution is 2.31. The van der Waals surface area contributed by atoms with Crippen LogP contribution in [-0.2, 0) is 4.79 Å². The zero-order valence-electron chi connectivity index (χ0n) is 10.8. The minimum atomic E-state index is -0.559. The summed E-state index contributed by atoms with van der Waals surface area (Å²) in [5.41, 5.74) is 6.73. The number of amides is 1. The highest BCUT2D eigenvalue weighted by atomic mass is 79.9. The maximum absolute atomic E-state index is 12.2. The van der Waals surface area contributed by atoms with Crippen LogP contribution in [0.4, 0.5) is 5.69 Å². The van der Waals surface area contributed by atoms with E-state index in [0.29, 0.717) is 23.7 Å². The molecule has 1 aromatic carbocycles. The highest BCUT2D eigenvalue weighted by molar-refractivity contribution is 9.10. The second-order valence-corrected chi connectivity index (χ2v) is 5.92. The molecule has 0 aliphatic rings. The van der Waals surface area contributed by atoms with Gasteiger partial charge < -0.3 is 11.1 Å². The van der Waals surface area contributed by atoms with Gasteiger partial charge in [0.1, 0.15) is 0 Å². The van der Waals surface area contributed by atoms with Crippen LogP contribution in [0, 0.1) is 12.3 Å². The Bertz CT molecular complexity index is 459. The maximum Gasteiger partial charge on any atom is 0.231 e. The first-order valence-electron chi connectivity index (χ1n) is 5.81. The predicted molar refractivity (Wildman–Crippen MR) is 80.0 cm³/mol. The van der Waals surface area contributed by atoms with Crippen molar-refractivity contribution in [2.45, 2.75) is 27.2 Å². The molecular formula is C13H18BrClN2O. The number of halogens is 2. The number of hydrogen-bond acceptors (Lipinski definition) is 2. The molecule has 0 aliphatic heterocycles. The molecule has 5 heteroatoms. The topological polar surface area (TPSA) is 55.1 Å². The van der Waals surface area contributed by atoms with Crippen molar-refractivity contribution in [3.63, 3.8) is 0 Å². The lowest BCUT2D eigenvalue weighted by Crippen LogP contribution is -2.39. The first-order valence-corrected chi connectivity index (χ1v) is 6.98. The van der Waals surface area contributed by atoms with Gasteiger partial charge in [-0.3, -0.25) is 4.79 Å². The highest BCUT2D eigenvalue weighted by Gasteiger charge is 2.30. The van der Waals surface area contributed by atoms with E-state index in [9.17, 15) is 4.79 Å². The van der Waals surface area contributed by atoms with Crippen molar-refractivity contribution in [3.05, 3.63) is 27.2 Å². The molecule has 1 aromatic rings. The maximum atomic E-state index is 12.2. The summed E-state index contributed by atoms with van der Waals surface area (Å²) in [6, 6.07) is 3.62. The third-order valence-electron chi connectivity index (χ3n) is 3.28. The first kappa shape index (κ1) is 15.5. The molecule has 0 aromatic heterocycles. The molecule has 100 valence electrons. The SMILES string of the molecule is CCC(C)(CN)C(=O)Nc1cc(Cl)c(C)cc1Br. The largest absolute Gasteiger partial charge is 0.329 e. The van der Waals surface area contributed by atoms with Gasteiger partial charge in [0.25, 0.3) is 0 Å². The van der Waals surface area contributed by atoms with Gasteiger partial charge in [-0.25, -0.2) is 0 Å². The van der Waals surface area contributed by atoms with Crippen LogP contribution in [0.2, 0.25) is 5.02 Å². The minimum Gasteiger partial charge on any atom is -0.329 e. The van der Waals surface area contributed by atoms with Crippen molar-refractivity contribution < 1.29 is 4.79 Å². The molecule has 1 rings (SSSR count). The Balaban J connectivity index is 2.98. The van der Waals surface area contributed by atoms with Crippen molar-refractivity contribution in [2.24, 2.45) is 11.1 Å². The number of rotatable bonds is 4. The number of carbonyl (C=O) groups excluding carboxylic acids is 1. The van der Waals surface area contributed by atoms with Crippen molar-refractivity contribution in [2.75, 3.05) is 11.9 Å². The van der Waals surface area contributed by atoms with E-state index in [1.54, 1.807) is 6.07 Å². The molecule has 18 heavy (non-hydrogen) atoms. The smallest absolute Gasteiger partial charge is 0.231 e. The molecule has 3 N–H and O–H groups in total. The second kappa shape index (κ2) is 6.04.